The summed E-state index contributed by atoms with van der Waals surface area (Å²) in [6.07, 6.45) is 0. The summed E-state index contributed by atoms with van der Waals surface area (Å²) in [4.78, 5) is 10.1. The highest BCUT2D eigenvalue weighted by Crippen LogP contribution is 2.24. The third-order valence-electron chi connectivity index (χ3n) is 1.96. The fourth-order valence-electron chi connectivity index (χ4n) is 1.15. The normalized spacial score (nSPS) is 9.50. The minimum Gasteiger partial charge on any atom is -0.258 e. The van der Waals surface area contributed by atoms with Crippen molar-refractivity contribution in [1.82, 2.24) is 0 Å². The molecule has 0 aliphatic carbocycles. The Hall–Kier alpha value is -1.60. The van der Waals surface area contributed by atoms with Crippen molar-refractivity contribution < 1.29 is 4.92 Å². The quantitative estimate of drug-likeness (QED) is 0.428. The molecule has 72 valence electrons. The molecule has 0 saturated heterocycles. The maximum Gasteiger partial charge on any atom is 0.273 e. The van der Waals surface area contributed by atoms with E-state index in [1.807, 2.05) is 6.07 Å². The fourth-order valence-corrected chi connectivity index (χ4v) is 1.43. The van der Waals surface area contributed by atoms with Crippen LogP contribution in [0.4, 0.5) is 5.69 Å². The maximum absolute atomic E-state index is 10.6. The zero-order chi connectivity index (χ0) is 10.7. The predicted octanol–water partition coefficient (Wildman–Crippen LogP) is 2.51. The second-order valence-corrected chi connectivity index (χ2v) is 3.05. The van der Waals surface area contributed by atoms with Crippen molar-refractivity contribution in [3.8, 4) is 6.07 Å². The van der Waals surface area contributed by atoms with Crippen molar-refractivity contribution in [2.24, 2.45) is 0 Å². The Labute approximate surface area is 85.9 Å². The van der Waals surface area contributed by atoms with Crippen LogP contribution in [0.3, 0.4) is 0 Å². The lowest BCUT2D eigenvalue weighted by atomic mass is 10.0. The van der Waals surface area contributed by atoms with Gasteiger partial charge in [0.2, 0.25) is 0 Å². The van der Waals surface area contributed by atoms with Crippen LogP contribution in [-0.4, -0.2) is 4.92 Å². The first-order valence-electron chi connectivity index (χ1n) is 3.84. The maximum atomic E-state index is 10.6. The first-order chi connectivity index (χ1) is 6.60. The van der Waals surface area contributed by atoms with E-state index in [-0.39, 0.29) is 17.1 Å². The monoisotopic (exact) mass is 210 g/mol. The fraction of sp³-hybridized carbons (Fsp3) is 0.222. The van der Waals surface area contributed by atoms with Crippen LogP contribution < -0.4 is 0 Å². The number of hydrogen-bond acceptors (Lipinski definition) is 3. The van der Waals surface area contributed by atoms with Gasteiger partial charge >= 0.3 is 0 Å². The molecular formula is C9H7ClN2O2. The number of benzene rings is 1. The van der Waals surface area contributed by atoms with Gasteiger partial charge in [0.15, 0.2) is 0 Å². The molecule has 0 radical (unpaired) electrons. The molecule has 5 heteroatoms. The number of nitro benzene ring substituents is 1. The summed E-state index contributed by atoms with van der Waals surface area (Å²) in [6, 6.07) is 4.68. The molecule has 1 rings (SSSR count). The zero-order valence-electron chi connectivity index (χ0n) is 7.45. The van der Waals surface area contributed by atoms with Crippen molar-refractivity contribution in [1.29, 1.82) is 5.26 Å². The van der Waals surface area contributed by atoms with Crippen LogP contribution in [0.1, 0.15) is 16.7 Å². The molecule has 0 fully saturated rings. The van der Waals surface area contributed by atoms with E-state index in [1.54, 1.807) is 13.0 Å². The molecule has 1 aromatic rings. The first-order valence-corrected chi connectivity index (χ1v) is 4.37. The molecule has 0 saturated carbocycles. The van der Waals surface area contributed by atoms with Gasteiger partial charge in [0.25, 0.3) is 5.69 Å². The van der Waals surface area contributed by atoms with Crippen LogP contribution in [0.5, 0.6) is 0 Å². The Morgan fingerprint density at radius 2 is 2.29 bits per heavy atom. The standard InChI is InChI=1S/C9H7ClN2O2/c1-6-8(4-10)2-7(5-11)3-9(6)12(13)14/h2-3H,4H2,1H3. The van der Waals surface area contributed by atoms with Crippen LogP contribution in [0.15, 0.2) is 12.1 Å². The van der Waals surface area contributed by atoms with E-state index in [2.05, 4.69) is 0 Å². The summed E-state index contributed by atoms with van der Waals surface area (Å²) in [5.74, 6) is 0.169. The molecule has 4 nitrogen and oxygen atoms in total. The van der Waals surface area contributed by atoms with E-state index in [0.717, 1.165) is 0 Å². The summed E-state index contributed by atoms with van der Waals surface area (Å²) in [5, 5.41) is 19.3. The van der Waals surface area contributed by atoms with Crippen LogP contribution in [0.2, 0.25) is 0 Å². The number of alkyl halides is 1. The van der Waals surface area contributed by atoms with Gasteiger partial charge in [-0.3, -0.25) is 10.1 Å². The topological polar surface area (TPSA) is 66.9 Å². The van der Waals surface area contributed by atoms with Crippen molar-refractivity contribution in [3.63, 3.8) is 0 Å². The highest BCUT2D eigenvalue weighted by molar-refractivity contribution is 6.17. The number of nitrogens with zero attached hydrogens (tertiary/aromatic N) is 2. The van der Waals surface area contributed by atoms with Gasteiger partial charge in [0, 0.05) is 17.5 Å². The Bertz CT molecular complexity index is 424. The van der Waals surface area contributed by atoms with Crippen LogP contribution >= 0.6 is 11.6 Å². The highest BCUT2D eigenvalue weighted by atomic mass is 35.5. The second-order valence-electron chi connectivity index (χ2n) is 2.78. The Morgan fingerprint density at radius 3 is 2.71 bits per heavy atom. The molecule has 0 unspecified atom stereocenters. The summed E-state index contributed by atoms with van der Waals surface area (Å²) >= 11 is 5.61. The van der Waals surface area contributed by atoms with Crippen LogP contribution in [-0.2, 0) is 5.88 Å². The summed E-state index contributed by atoms with van der Waals surface area (Å²) in [6.45, 7) is 1.62. The van der Waals surface area contributed by atoms with E-state index in [4.69, 9.17) is 16.9 Å². The SMILES string of the molecule is Cc1c(CCl)cc(C#N)cc1[N+](=O)[O-]. The lowest BCUT2D eigenvalue weighted by Crippen LogP contribution is -1.96. The molecule has 0 aliphatic heterocycles. The Morgan fingerprint density at radius 1 is 1.64 bits per heavy atom. The number of nitro groups is 1. The van der Waals surface area contributed by atoms with Gasteiger partial charge in [-0.05, 0) is 18.6 Å². The minimum absolute atomic E-state index is 0.0558. The van der Waals surface area contributed by atoms with Gasteiger partial charge in [-0.1, -0.05) is 0 Å². The van der Waals surface area contributed by atoms with Gasteiger partial charge in [0.1, 0.15) is 0 Å². The first kappa shape index (κ1) is 10.5. The minimum atomic E-state index is -0.508. The van der Waals surface area contributed by atoms with E-state index < -0.39 is 4.92 Å². The van der Waals surface area contributed by atoms with E-state index in [9.17, 15) is 10.1 Å². The number of hydrogen-bond donors (Lipinski definition) is 0. The Kier molecular flexibility index (Phi) is 3.05. The third-order valence-corrected chi connectivity index (χ3v) is 2.25. The van der Waals surface area contributed by atoms with Crippen molar-refractivity contribution in [3.05, 3.63) is 38.9 Å². The summed E-state index contributed by atoms with van der Waals surface area (Å²) < 4.78 is 0. The van der Waals surface area contributed by atoms with Crippen molar-refractivity contribution in [2.75, 3.05) is 0 Å². The second kappa shape index (κ2) is 4.07. The van der Waals surface area contributed by atoms with E-state index in [1.165, 1.54) is 6.07 Å². The average molecular weight is 211 g/mol. The molecule has 0 atom stereocenters. The van der Waals surface area contributed by atoms with Crippen molar-refractivity contribution in [2.45, 2.75) is 12.8 Å². The van der Waals surface area contributed by atoms with Gasteiger partial charge < -0.3 is 0 Å². The average Bonchev–Trinajstić information content (AvgIpc) is 2.17. The lowest BCUT2D eigenvalue weighted by Gasteiger charge is -2.03. The summed E-state index contributed by atoms with van der Waals surface area (Å²) in [5.41, 5.74) is 1.35. The molecule has 1 aromatic carbocycles. The van der Waals surface area contributed by atoms with Gasteiger partial charge in [0.05, 0.1) is 16.6 Å². The van der Waals surface area contributed by atoms with E-state index in [0.29, 0.717) is 11.1 Å². The lowest BCUT2D eigenvalue weighted by molar-refractivity contribution is -0.385. The third kappa shape index (κ3) is 1.83. The molecule has 0 bridgehead atoms. The van der Waals surface area contributed by atoms with Crippen LogP contribution in [0.25, 0.3) is 0 Å². The number of nitriles is 1. The zero-order valence-corrected chi connectivity index (χ0v) is 8.21. The van der Waals surface area contributed by atoms with Gasteiger partial charge in [-0.25, -0.2) is 0 Å². The Balaban J connectivity index is 3.44. The predicted molar refractivity (Wildman–Crippen MR) is 52.1 cm³/mol. The number of rotatable bonds is 2. The van der Waals surface area contributed by atoms with E-state index >= 15 is 0 Å². The molecule has 14 heavy (non-hydrogen) atoms. The molecule has 0 amide bonds. The largest absolute Gasteiger partial charge is 0.273 e. The molecule has 0 spiro atoms. The van der Waals surface area contributed by atoms with Crippen molar-refractivity contribution >= 4 is 17.3 Å². The van der Waals surface area contributed by atoms with Gasteiger partial charge in [-0.2, -0.15) is 5.26 Å². The highest BCUT2D eigenvalue weighted by Gasteiger charge is 2.15. The smallest absolute Gasteiger partial charge is 0.258 e. The number of halogens is 1. The summed E-state index contributed by atoms with van der Waals surface area (Å²) in [7, 11) is 0. The van der Waals surface area contributed by atoms with Crippen LogP contribution in [0, 0.1) is 28.4 Å². The van der Waals surface area contributed by atoms with Gasteiger partial charge in [-0.15, -0.1) is 11.6 Å². The molecular weight excluding hydrogens is 204 g/mol. The molecule has 0 N–H and O–H groups in total. The molecule has 0 aliphatic rings. The molecule has 0 aromatic heterocycles. The molecule has 0 heterocycles.